The van der Waals surface area contributed by atoms with Crippen LogP contribution in [0.3, 0.4) is 0 Å². The van der Waals surface area contributed by atoms with Gasteiger partial charge in [-0.05, 0) is 42.5 Å². The minimum absolute atomic E-state index is 0.133. The number of nitrogens with zero attached hydrogens (tertiary/aromatic N) is 1. The van der Waals surface area contributed by atoms with E-state index in [1.54, 1.807) is 43.5 Å². The van der Waals surface area contributed by atoms with E-state index in [2.05, 4.69) is 15.6 Å². The Morgan fingerprint density at radius 3 is 2.45 bits per heavy atom. The van der Waals surface area contributed by atoms with Crippen molar-refractivity contribution in [3.05, 3.63) is 83.4 Å². The zero-order chi connectivity index (χ0) is 22.0. The van der Waals surface area contributed by atoms with E-state index in [0.717, 1.165) is 17.7 Å². The monoisotopic (exact) mass is 439 g/mol. The van der Waals surface area contributed by atoms with Gasteiger partial charge >= 0.3 is 6.03 Å². The van der Waals surface area contributed by atoms with E-state index < -0.39 is 17.7 Å². The molecule has 0 saturated heterocycles. The number of aromatic nitrogens is 1. The Kier molecular flexibility index (Phi) is 5.68. The third-order valence-corrected chi connectivity index (χ3v) is 4.82. The van der Waals surface area contributed by atoms with Crippen molar-refractivity contribution in [3.8, 4) is 17.0 Å². The minimum Gasteiger partial charge on any atom is -0.496 e. The van der Waals surface area contributed by atoms with Crippen LogP contribution in [0.1, 0.15) is 0 Å². The third kappa shape index (κ3) is 4.57. The zero-order valence-electron chi connectivity index (χ0n) is 16.2. The highest BCUT2D eigenvalue weighted by Crippen LogP contribution is 2.32. The van der Waals surface area contributed by atoms with Crippen molar-refractivity contribution >= 4 is 39.9 Å². The highest BCUT2D eigenvalue weighted by Gasteiger charge is 2.12. The Bertz CT molecular complexity index is 1280. The first-order valence-electron chi connectivity index (χ1n) is 9.21. The molecule has 1 heterocycles. The number of benzene rings is 3. The van der Waals surface area contributed by atoms with E-state index in [1.165, 1.54) is 0 Å². The van der Waals surface area contributed by atoms with Crippen molar-refractivity contribution in [2.75, 3.05) is 17.7 Å². The minimum atomic E-state index is -0.866. The number of hydrogen-bond donors (Lipinski definition) is 2. The number of urea groups is 1. The van der Waals surface area contributed by atoms with Gasteiger partial charge in [-0.1, -0.05) is 23.7 Å². The molecule has 0 aliphatic carbocycles. The van der Waals surface area contributed by atoms with Crippen molar-refractivity contribution in [1.82, 2.24) is 4.98 Å². The molecule has 4 rings (SSSR count). The second kappa shape index (κ2) is 8.57. The number of hydrogen-bond acceptors (Lipinski definition) is 3. The summed E-state index contributed by atoms with van der Waals surface area (Å²) >= 11 is 5.96. The maximum Gasteiger partial charge on any atom is 0.323 e. The molecule has 1 aromatic heterocycles. The van der Waals surface area contributed by atoms with Gasteiger partial charge in [0.05, 0.1) is 24.0 Å². The topological polar surface area (TPSA) is 63.2 Å². The Balaban J connectivity index is 1.60. The first-order valence-corrected chi connectivity index (χ1v) is 9.58. The second-order valence-corrected chi connectivity index (χ2v) is 7.09. The third-order valence-electron chi connectivity index (χ3n) is 4.57. The molecular weight excluding hydrogens is 424 g/mol. The number of ether oxygens (including phenoxy) is 1. The summed E-state index contributed by atoms with van der Waals surface area (Å²) in [6, 6.07) is 16.4. The van der Waals surface area contributed by atoms with Crippen molar-refractivity contribution in [1.29, 1.82) is 0 Å². The fraction of sp³-hybridized carbons (Fsp3) is 0.0435. The molecule has 0 aliphatic rings. The van der Waals surface area contributed by atoms with Crippen LogP contribution in [0.5, 0.6) is 5.75 Å². The molecule has 156 valence electrons. The number of rotatable bonds is 4. The van der Waals surface area contributed by atoms with Gasteiger partial charge in [-0.15, -0.1) is 0 Å². The second-order valence-electron chi connectivity index (χ2n) is 6.65. The Labute approximate surface area is 181 Å². The number of methoxy groups -OCH3 is 1. The highest BCUT2D eigenvalue weighted by atomic mass is 35.5. The summed E-state index contributed by atoms with van der Waals surface area (Å²) in [7, 11) is 1.55. The lowest BCUT2D eigenvalue weighted by molar-refractivity contribution is 0.262. The van der Waals surface area contributed by atoms with E-state index >= 15 is 0 Å². The van der Waals surface area contributed by atoms with Gasteiger partial charge in [-0.3, -0.25) is 0 Å². The maximum atomic E-state index is 13.7. The summed E-state index contributed by atoms with van der Waals surface area (Å²) in [5, 5.41) is 6.28. The van der Waals surface area contributed by atoms with Crippen LogP contribution in [-0.4, -0.2) is 18.1 Å². The highest BCUT2D eigenvalue weighted by molar-refractivity contribution is 6.30. The number of fused-ring (bicyclic) bond motifs is 1. The zero-order valence-corrected chi connectivity index (χ0v) is 17.0. The van der Waals surface area contributed by atoms with Crippen molar-refractivity contribution in [2.24, 2.45) is 0 Å². The van der Waals surface area contributed by atoms with Gasteiger partial charge in [0, 0.05) is 33.8 Å². The SMILES string of the molecule is COc1cc(-c2ccc(Cl)cc2)nc2ccc(NC(=O)Nc3ccc(F)cc3F)cc12. The lowest BCUT2D eigenvalue weighted by atomic mass is 10.1. The van der Waals surface area contributed by atoms with Crippen LogP contribution in [0.4, 0.5) is 25.0 Å². The first kappa shape index (κ1) is 20.6. The lowest BCUT2D eigenvalue weighted by Gasteiger charge is -2.12. The van der Waals surface area contributed by atoms with Crippen molar-refractivity contribution in [3.63, 3.8) is 0 Å². The van der Waals surface area contributed by atoms with Gasteiger partial charge < -0.3 is 15.4 Å². The molecule has 2 amide bonds. The molecule has 8 heteroatoms. The number of pyridine rings is 1. The first-order chi connectivity index (χ1) is 14.9. The smallest absolute Gasteiger partial charge is 0.323 e. The summed E-state index contributed by atoms with van der Waals surface area (Å²) in [6.45, 7) is 0. The number of carbonyl (C=O) groups excluding carboxylic acids is 1. The number of amides is 2. The molecule has 0 radical (unpaired) electrons. The molecule has 0 aliphatic heterocycles. The van der Waals surface area contributed by atoms with Gasteiger partial charge in [-0.2, -0.15) is 0 Å². The summed E-state index contributed by atoms with van der Waals surface area (Å²) in [6.07, 6.45) is 0. The van der Waals surface area contributed by atoms with Crippen LogP contribution in [0.25, 0.3) is 22.2 Å². The van der Waals surface area contributed by atoms with E-state index in [1.807, 2.05) is 12.1 Å². The van der Waals surface area contributed by atoms with Gasteiger partial charge in [0.2, 0.25) is 0 Å². The molecule has 0 unspecified atom stereocenters. The standard InChI is InChI=1S/C23H16ClF2N3O2/c1-31-22-12-21(13-2-4-14(24)5-3-13)28-19-9-7-16(11-17(19)22)27-23(30)29-20-8-6-15(25)10-18(20)26/h2-12H,1H3,(H2,27,29,30). The number of halogens is 3. The van der Waals surface area contributed by atoms with Crippen LogP contribution >= 0.6 is 11.6 Å². The van der Waals surface area contributed by atoms with Crippen LogP contribution in [0, 0.1) is 11.6 Å². The summed E-state index contributed by atoms with van der Waals surface area (Å²) in [5.41, 5.74) is 2.58. The predicted octanol–water partition coefficient (Wildman–Crippen LogP) is 6.49. The summed E-state index contributed by atoms with van der Waals surface area (Å²) < 4.78 is 32.3. The van der Waals surface area contributed by atoms with E-state index in [0.29, 0.717) is 39.1 Å². The molecule has 0 saturated carbocycles. The van der Waals surface area contributed by atoms with Crippen LogP contribution in [0.15, 0.2) is 66.7 Å². The van der Waals surface area contributed by atoms with Crippen LogP contribution in [0.2, 0.25) is 5.02 Å². The predicted molar refractivity (Wildman–Crippen MR) is 118 cm³/mol. The van der Waals surface area contributed by atoms with Crippen molar-refractivity contribution < 1.29 is 18.3 Å². The van der Waals surface area contributed by atoms with Crippen molar-refractivity contribution in [2.45, 2.75) is 0 Å². The lowest BCUT2D eigenvalue weighted by Crippen LogP contribution is -2.20. The van der Waals surface area contributed by atoms with E-state index in [4.69, 9.17) is 16.3 Å². The van der Waals surface area contributed by atoms with Crippen LogP contribution in [-0.2, 0) is 0 Å². The fourth-order valence-electron chi connectivity index (χ4n) is 3.09. The van der Waals surface area contributed by atoms with Gasteiger partial charge in [0.15, 0.2) is 0 Å². The Hall–Kier alpha value is -3.71. The average molecular weight is 440 g/mol. The molecule has 0 bridgehead atoms. The fourth-order valence-corrected chi connectivity index (χ4v) is 3.21. The Morgan fingerprint density at radius 2 is 1.74 bits per heavy atom. The molecule has 0 atom stereocenters. The molecule has 3 aromatic carbocycles. The molecule has 5 nitrogen and oxygen atoms in total. The summed E-state index contributed by atoms with van der Waals surface area (Å²) in [5.74, 6) is -1.02. The number of anilines is 2. The van der Waals surface area contributed by atoms with E-state index in [-0.39, 0.29) is 5.69 Å². The quantitative estimate of drug-likeness (QED) is 0.382. The van der Waals surface area contributed by atoms with Crippen LogP contribution < -0.4 is 15.4 Å². The van der Waals surface area contributed by atoms with Gasteiger partial charge in [0.25, 0.3) is 0 Å². The average Bonchev–Trinajstić information content (AvgIpc) is 2.75. The molecular formula is C23H16ClF2N3O2. The molecule has 4 aromatic rings. The maximum absolute atomic E-state index is 13.7. The number of carbonyl (C=O) groups is 1. The number of nitrogens with one attached hydrogen (secondary N) is 2. The Morgan fingerprint density at radius 1 is 0.968 bits per heavy atom. The molecule has 0 spiro atoms. The van der Waals surface area contributed by atoms with Gasteiger partial charge in [-0.25, -0.2) is 18.6 Å². The molecule has 2 N–H and O–H groups in total. The largest absolute Gasteiger partial charge is 0.496 e. The van der Waals surface area contributed by atoms with Gasteiger partial charge in [0.1, 0.15) is 17.4 Å². The summed E-state index contributed by atoms with van der Waals surface area (Å²) in [4.78, 5) is 16.9. The molecule has 0 fully saturated rings. The normalized spacial score (nSPS) is 10.7. The van der Waals surface area contributed by atoms with E-state index in [9.17, 15) is 13.6 Å². The molecule has 31 heavy (non-hydrogen) atoms.